The molecule has 5 nitrogen and oxygen atoms in total. The Balaban J connectivity index is 2.10. The number of sulfone groups is 1. The van der Waals surface area contributed by atoms with E-state index in [9.17, 15) is 8.42 Å². The van der Waals surface area contributed by atoms with Crippen molar-refractivity contribution in [3.05, 3.63) is 11.3 Å². The van der Waals surface area contributed by atoms with Gasteiger partial charge in [-0.3, -0.25) is 0 Å². The number of nitrogens with zero attached hydrogens (tertiary/aromatic N) is 2. The van der Waals surface area contributed by atoms with Gasteiger partial charge in [-0.25, -0.2) is 13.1 Å². The number of nitrogen functional groups attached to an aromatic ring is 1. The van der Waals surface area contributed by atoms with Gasteiger partial charge in [0.1, 0.15) is 5.82 Å². The molecule has 1 atom stereocenters. The number of anilines is 1. The Morgan fingerprint density at radius 3 is 2.47 bits per heavy atom. The zero-order valence-electron chi connectivity index (χ0n) is 11.7. The van der Waals surface area contributed by atoms with E-state index in [1.54, 1.807) is 4.68 Å². The zero-order chi connectivity index (χ0) is 14.1. The summed E-state index contributed by atoms with van der Waals surface area (Å²) in [5.41, 5.74) is 8.03. The van der Waals surface area contributed by atoms with Crippen LogP contribution in [0.5, 0.6) is 0 Å². The van der Waals surface area contributed by atoms with Gasteiger partial charge in [0.05, 0.1) is 22.7 Å². The van der Waals surface area contributed by atoms with Crippen molar-refractivity contribution in [3.8, 4) is 0 Å². The maximum absolute atomic E-state index is 11.8. The second kappa shape index (κ2) is 3.53. The Hall–Kier alpha value is -1.04. The second-order valence-corrected chi connectivity index (χ2v) is 9.03. The molecule has 1 aromatic rings. The van der Waals surface area contributed by atoms with Crippen molar-refractivity contribution in [2.75, 3.05) is 17.2 Å². The Morgan fingerprint density at radius 1 is 1.26 bits per heavy atom. The molecule has 0 bridgehead atoms. The van der Waals surface area contributed by atoms with Crippen LogP contribution in [0.1, 0.15) is 44.9 Å². The normalized spacial score (nSPS) is 31.5. The summed E-state index contributed by atoms with van der Waals surface area (Å²) in [6.45, 7) is 6.30. The van der Waals surface area contributed by atoms with Crippen LogP contribution in [-0.4, -0.2) is 29.7 Å². The molecule has 0 saturated carbocycles. The van der Waals surface area contributed by atoms with Gasteiger partial charge in [0.2, 0.25) is 0 Å². The van der Waals surface area contributed by atoms with Gasteiger partial charge in [0, 0.05) is 5.56 Å². The molecule has 0 amide bonds. The molecule has 19 heavy (non-hydrogen) atoms. The predicted octanol–water partition coefficient (Wildman–Crippen LogP) is 1.22. The van der Waals surface area contributed by atoms with Gasteiger partial charge in [0.15, 0.2) is 9.84 Å². The summed E-state index contributed by atoms with van der Waals surface area (Å²) in [7, 11) is -2.96. The maximum atomic E-state index is 11.8. The van der Waals surface area contributed by atoms with E-state index in [1.807, 2.05) is 6.92 Å². The second-order valence-electron chi connectivity index (χ2n) is 6.84. The van der Waals surface area contributed by atoms with Crippen LogP contribution >= 0.6 is 0 Å². The predicted molar refractivity (Wildman–Crippen MR) is 74.9 cm³/mol. The molecular weight excluding hydrogens is 262 g/mol. The fraction of sp³-hybridized carbons (Fsp3) is 0.769. The van der Waals surface area contributed by atoms with Crippen LogP contribution in [-0.2, 0) is 27.2 Å². The molecule has 106 valence electrons. The summed E-state index contributed by atoms with van der Waals surface area (Å²) >= 11 is 0. The SMILES string of the molecule is CC1(C)CCc2nn(C3(C)CCS(=O)(=O)C3)c(N)c21. The number of fused-ring (bicyclic) bond motifs is 1. The molecule has 1 aliphatic carbocycles. The average Bonchev–Trinajstić information content (AvgIpc) is 2.84. The van der Waals surface area contributed by atoms with Gasteiger partial charge in [-0.05, 0) is 31.6 Å². The van der Waals surface area contributed by atoms with Crippen molar-refractivity contribution in [1.82, 2.24) is 9.78 Å². The molecule has 0 spiro atoms. The van der Waals surface area contributed by atoms with Crippen LogP contribution in [0.4, 0.5) is 5.82 Å². The van der Waals surface area contributed by atoms with E-state index in [4.69, 9.17) is 5.73 Å². The molecule has 2 heterocycles. The average molecular weight is 283 g/mol. The van der Waals surface area contributed by atoms with Crippen LogP contribution in [0, 0.1) is 0 Å². The minimum atomic E-state index is -2.96. The number of rotatable bonds is 1. The quantitative estimate of drug-likeness (QED) is 0.840. The first kappa shape index (κ1) is 13.0. The molecular formula is C13H21N3O2S. The molecule has 0 radical (unpaired) electrons. The Labute approximate surface area is 114 Å². The lowest BCUT2D eigenvalue weighted by molar-refractivity contribution is 0.329. The van der Waals surface area contributed by atoms with Crippen molar-refractivity contribution in [2.24, 2.45) is 0 Å². The van der Waals surface area contributed by atoms with Gasteiger partial charge in [0.25, 0.3) is 0 Å². The monoisotopic (exact) mass is 283 g/mol. The van der Waals surface area contributed by atoms with Crippen molar-refractivity contribution in [2.45, 2.75) is 51.0 Å². The van der Waals surface area contributed by atoms with Gasteiger partial charge >= 0.3 is 0 Å². The standard InChI is InChI=1S/C13H21N3O2S/c1-12(2)5-4-9-10(12)11(14)16(15-9)13(3)6-7-19(17,18)8-13/h4-8,14H2,1-3H3. The van der Waals surface area contributed by atoms with Crippen molar-refractivity contribution < 1.29 is 8.42 Å². The first-order valence-corrected chi connectivity index (χ1v) is 8.56. The zero-order valence-corrected chi connectivity index (χ0v) is 12.5. The summed E-state index contributed by atoms with van der Waals surface area (Å²) in [4.78, 5) is 0. The highest BCUT2D eigenvalue weighted by Crippen LogP contribution is 2.44. The third kappa shape index (κ3) is 1.80. The third-order valence-corrected chi connectivity index (χ3v) is 6.54. The van der Waals surface area contributed by atoms with Crippen LogP contribution in [0.15, 0.2) is 0 Å². The summed E-state index contributed by atoms with van der Waals surface area (Å²) < 4.78 is 25.3. The molecule has 2 aliphatic rings. The van der Waals surface area contributed by atoms with E-state index in [0.29, 0.717) is 12.2 Å². The highest BCUT2D eigenvalue weighted by molar-refractivity contribution is 7.91. The largest absolute Gasteiger partial charge is 0.384 e. The Bertz CT molecular complexity index is 645. The molecule has 1 aromatic heterocycles. The minimum absolute atomic E-state index is 0.0471. The molecule has 1 aliphatic heterocycles. The van der Waals surface area contributed by atoms with E-state index < -0.39 is 15.4 Å². The van der Waals surface area contributed by atoms with Crippen molar-refractivity contribution in [3.63, 3.8) is 0 Å². The van der Waals surface area contributed by atoms with E-state index in [-0.39, 0.29) is 16.9 Å². The van der Waals surface area contributed by atoms with Crippen molar-refractivity contribution >= 4 is 15.7 Å². The topological polar surface area (TPSA) is 78.0 Å². The van der Waals surface area contributed by atoms with Gasteiger partial charge in [-0.1, -0.05) is 13.8 Å². The highest BCUT2D eigenvalue weighted by Gasteiger charge is 2.44. The summed E-state index contributed by atoms with van der Waals surface area (Å²) in [6, 6.07) is 0. The lowest BCUT2D eigenvalue weighted by Crippen LogP contribution is -2.34. The maximum Gasteiger partial charge on any atom is 0.152 e. The lowest BCUT2D eigenvalue weighted by Gasteiger charge is -2.26. The van der Waals surface area contributed by atoms with E-state index >= 15 is 0 Å². The fourth-order valence-corrected chi connectivity index (χ4v) is 5.63. The number of aryl methyl sites for hydroxylation is 1. The molecule has 1 saturated heterocycles. The van der Waals surface area contributed by atoms with Gasteiger partial charge < -0.3 is 5.73 Å². The summed E-state index contributed by atoms with van der Waals surface area (Å²) in [5, 5.41) is 4.63. The van der Waals surface area contributed by atoms with E-state index in [2.05, 4.69) is 18.9 Å². The van der Waals surface area contributed by atoms with Crippen LogP contribution in [0.2, 0.25) is 0 Å². The van der Waals surface area contributed by atoms with E-state index in [0.717, 1.165) is 24.1 Å². The van der Waals surface area contributed by atoms with Gasteiger partial charge in [-0.2, -0.15) is 5.10 Å². The molecule has 3 rings (SSSR count). The third-order valence-electron chi connectivity index (χ3n) is 4.65. The molecule has 1 unspecified atom stereocenters. The Morgan fingerprint density at radius 2 is 1.95 bits per heavy atom. The number of hydrogen-bond acceptors (Lipinski definition) is 4. The molecule has 2 N–H and O–H groups in total. The van der Waals surface area contributed by atoms with Crippen molar-refractivity contribution in [1.29, 1.82) is 0 Å². The molecule has 1 fully saturated rings. The van der Waals surface area contributed by atoms with Crippen LogP contribution in [0.3, 0.4) is 0 Å². The van der Waals surface area contributed by atoms with Crippen LogP contribution < -0.4 is 5.73 Å². The minimum Gasteiger partial charge on any atom is -0.384 e. The summed E-state index contributed by atoms with van der Waals surface area (Å²) in [5.74, 6) is 1.04. The molecule has 0 aromatic carbocycles. The molecule has 6 heteroatoms. The first-order valence-electron chi connectivity index (χ1n) is 6.73. The van der Waals surface area contributed by atoms with Gasteiger partial charge in [-0.15, -0.1) is 0 Å². The Kier molecular flexibility index (Phi) is 2.41. The number of hydrogen-bond donors (Lipinski definition) is 1. The smallest absolute Gasteiger partial charge is 0.152 e. The number of aromatic nitrogens is 2. The van der Waals surface area contributed by atoms with Crippen LogP contribution in [0.25, 0.3) is 0 Å². The lowest BCUT2D eigenvalue weighted by atomic mass is 9.87. The highest BCUT2D eigenvalue weighted by atomic mass is 32.2. The fourth-order valence-electron chi connectivity index (χ4n) is 3.52. The number of nitrogens with two attached hydrogens (primary N) is 1. The summed E-state index contributed by atoms with van der Waals surface area (Å²) in [6.07, 6.45) is 2.59. The first-order chi connectivity index (χ1) is 8.65. The van der Waals surface area contributed by atoms with E-state index in [1.165, 1.54) is 0 Å².